The molecule has 4 rings (SSSR count). The molecule has 0 aliphatic heterocycles. The van der Waals surface area contributed by atoms with Gasteiger partial charge in [0.15, 0.2) is 5.65 Å². The highest BCUT2D eigenvalue weighted by atomic mass is 32.2. The van der Waals surface area contributed by atoms with Crippen LogP contribution in [0.3, 0.4) is 0 Å². The molecule has 0 radical (unpaired) electrons. The van der Waals surface area contributed by atoms with Crippen LogP contribution in [0.15, 0.2) is 82.7 Å². The van der Waals surface area contributed by atoms with Crippen molar-refractivity contribution in [3.63, 3.8) is 0 Å². The monoisotopic (exact) mass is 394 g/mol. The zero-order valence-corrected chi connectivity index (χ0v) is 15.8. The lowest BCUT2D eigenvalue weighted by atomic mass is 10.1. The Morgan fingerprint density at radius 3 is 2.50 bits per heavy atom. The topological polar surface area (TPSA) is 96.6 Å². The number of hydrogen-bond acceptors (Lipinski definition) is 6. The van der Waals surface area contributed by atoms with Crippen LogP contribution in [0, 0.1) is 0 Å². The van der Waals surface area contributed by atoms with E-state index in [1.54, 1.807) is 10.5 Å². The average molecular weight is 394 g/mol. The predicted molar refractivity (Wildman–Crippen MR) is 105 cm³/mol. The Bertz CT molecular complexity index is 1240. The lowest BCUT2D eigenvalue weighted by Crippen LogP contribution is -2.10. The Morgan fingerprint density at radius 1 is 0.964 bits per heavy atom. The number of phenolic OH excluding ortho intramolecular Hbond substituents is 1. The first-order chi connectivity index (χ1) is 13.4. The van der Waals surface area contributed by atoms with E-state index in [2.05, 4.69) is 15.5 Å². The number of hydrogen-bond donors (Lipinski definition) is 2. The molecule has 0 unspecified atom stereocenters. The molecule has 0 bridgehead atoms. The van der Waals surface area contributed by atoms with Crippen LogP contribution in [0.4, 0.5) is 5.95 Å². The number of nitrogens with one attached hydrogen (secondary N) is 1. The van der Waals surface area contributed by atoms with Gasteiger partial charge in [0.1, 0.15) is 5.75 Å². The number of anilines is 1. The smallest absolute Gasteiger partial charge is 0.229 e. The van der Waals surface area contributed by atoms with Gasteiger partial charge in [-0.05, 0) is 42.8 Å². The molecule has 7 nitrogen and oxygen atoms in total. The van der Waals surface area contributed by atoms with Gasteiger partial charge in [-0.2, -0.15) is 0 Å². The zero-order chi connectivity index (χ0) is 19.7. The summed E-state index contributed by atoms with van der Waals surface area (Å²) in [6.45, 7) is 1.99. The molecule has 0 spiro atoms. The summed E-state index contributed by atoms with van der Waals surface area (Å²) >= 11 is 0. The molecular weight excluding hydrogens is 376 g/mol. The molecule has 0 amide bonds. The summed E-state index contributed by atoms with van der Waals surface area (Å²) in [5, 5.41) is 21.1. The first kappa shape index (κ1) is 18.0. The molecule has 0 aliphatic rings. The van der Waals surface area contributed by atoms with E-state index in [1.165, 1.54) is 36.5 Å². The summed E-state index contributed by atoms with van der Waals surface area (Å²) in [5.74, 6) is 0.338. The molecule has 142 valence electrons. The van der Waals surface area contributed by atoms with E-state index < -0.39 is 9.84 Å². The van der Waals surface area contributed by atoms with Crippen molar-refractivity contribution in [3.05, 3.63) is 78.5 Å². The van der Waals surface area contributed by atoms with Gasteiger partial charge in [-0.25, -0.2) is 8.42 Å². The first-order valence-corrected chi connectivity index (χ1v) is 10.1. The van der Waals surface area contributed by atoms with E-state index in [9.17, 15) is 13.5 Å². The quantitative estimate of drug-likeness (QED) is 0.538. The van der Waals surface area contributed by atoms with Crippen molar-refractivity contribution in [3.8, 4) is 5.75 Å². The van der Waals surface area contributed by atoms with Crippen molar-refractivity contribution in [2.24, 2.45) is 0 Å². The number of fused-ring (bicyclic) bond motifs is 1. The largest absolute Gasteiger partial charge is 0.508 e. The molecule has 1 atom stereocenters. The standard InChI is InChI=1S/C20H18N4O3S/c1-14(15-6-3-2-4-7-15)21-20-23-22-19-11-10-18(13-24(19)20)28(26,27)17-9-5-8-16(25)12-17/h2-14,25H,1H3,(H,21,23)/t14-/m1/s1. The Balaban J connectivity index is 1.72. The highest BCUT2D eigenvalue weighted by Crippen LogP contribution is 2.25. The van der Waals surface area contributed by atoms with Gasteiger partial charge in [-0.1, -0.05) is 36.4 Å². The predicted octanol–water partition coefficient (Wildman–Crippen LogP) is 3.44. The number of rotatable bonds is 5. The third-order valence-corrected chi connectivity index (χ3v) is 6.20. The van der Waals surface area contributed by atoms with Crippen molar-refractivity contribution >= 4 is 21.4 Å². The summed E-state index contributed by atoms with van der Waals surface area (Å²) in [6, 6.07) is 18.5. The fraction of sp³-hybridized carbons (Fsp3) is 0.100. The Kier molecular flexibility index (Phi) is 4.48. The highest BCUT2D eigenvalue weighted by molar-refractivity contribution is 7.91. The van der Waals surface area contributed by atoms with Crippen LogP contribution in [-0.2, 0) is 9.84 Å². The Labute approximate surface area is 162 Å². The van der Waals surface area contributed by atoms with Gasteiger partial charge in [0.25, 0.3) is 0 Å². The molecule has 4 aromatic rings. The fourth-order valence-corrected chi connectivity index (χ4v) is 4.23. The van der Waals surface area contributed by atoms with E-state index >= 15 is 0 Å². The minimum atomic E-state index is -3.79. The van der Waals surface area contributed by atoms with Crippen LogP contribution in [0.5, 0.6) is 5.75 Å². The maximum absolute atomic E-state index is 12.9. The molecule has 2 aromatic carbocycles. The van der Waals surface area contributed by atoms with Gasteiger partial charge in [0.05, 0.1) is 15.8 Å². The summed E-state index contributed by atoms with van der Waals surface area (Å²) in [5.41, 5.74) is 1.60. The van der Waals surface area contributed by atoms with Crippen LogP contribution in [0.25, 0.3) is 5.65 Å². The van der Waals surface area contributed by atoms with Gasteiger partial charge in [-0.15, -0.1) is 10.2 Å². The Morgan fingerprint density at radius 2 is 1.75 bits per heavy atom. The molecule has 2 heterocycles. The highest BCUT2D eigenvalue weighted by Gasteiger charge is 2.20. The molecule has 2 aromatic heterocycles. The van der Waals surface area contributed by atoms with Crippen molar-refractivity contribution in [1.82, 2.24) is 14.6 Å². The fourth-order valence-electron chi connectivity index (χ4n) is 2.93. The van der Waals surface area contributed by atoms with Crippen LogP contribution >= 0.6 is 0 Å². The summed E-state index contributed by atoms with van der Waals surface area (Å²) in [7, 11) is -3.79. The van der Waals surface area contributed by atoms with Gasteiger partial charge < -0.3 is 10.4 Å². The van der Waals surface area contributed by atoms with E-state index in [4.69, 9.17) is 0 Å². The maximum Gasteiger partial charge on any atom is 0.229 e. The first-order valence-electron chi connectivity index (χ1n) is 8.65. The van der Waals surface area contributed by atoms with Crippen LogP contribution in [-0.4, -0.2) is 28.1 Å². The number of aromatic nitrogens is 3. The zero-order valence-electron chi connectivity index (χ0n) is 15.0. The molecule has 8 heteroatoms. The molecule has 0 fully saturated rings. The average Bonchev–Trinajstić information content (AvgIpc) is 3.10. The van der Waals surface area contributed by atoms with Gasteiger partial charge in [0.2, 0.25) is 15.8 Å². The lowest BCUT2D eigenvalue weighted by Gasteiger charge is -2.14. The van der Waals surface area contributed by atoms with E-state index in [1.807, 2.05) is 37.3 Å². The summed E-state index contributed by atoms with van der Waals surface area (Å²) in [6.07, 6.45) is 1.48. The molecule has 28 heavy (non-hydrogen) atoms. The van der Waals surface area contributed by atoms with Crippen molar-refractivity contribution < 1.29 is 13.5 Å². The van der Waals surface area contributed by atoms with Crippen molar-refractivity contribution in [2.45, 2.75) is 22.8 Å². The van der Waals surface area contributed by atoms with Gasteiger partial charge >= 0.3 is 0 Å². The summed E-state index contributed by atoms with van der Waals surface area (Å²) in [4.78, 5) is 0.105. The van der Waals surface area contributed by atoms with Crippen molar-refractivity contribution in [2.75, 3.05) is 5.32 Å². The minimum absolute atomic E-state index is 0.0205. The second-order valence-corrected chi connectivity index (χ2v) is 8.34. The number of pyridine rings is 1. The number of nitrogens with zero attached hydrogens (tertiary/aromatic N) is 3. The molecule has 0 aliphatic carbocycles. The molecule has 0 saturated carbocycles. The summed E-state index contributed by atoms with van der Waals surface area (Å²) < 4.78 is 27.4. The van der Waals surface area contributed by atoms with Crippen LogP contribution < -0.4 is 5.32 Å². The van der Waals surface area contributed by atoms with E-state index in [0.29, 0.717) is 11.6 Å². The normalized spacial score (nSPS) is 12.8. The number of aromatic hydroxyl groups is 1. The van der Waals surface area contributed by atoms with Crippen molar-refractivity contribution in [1.29, 1.82) is 0 Å². The minimum Gasteiger partial charge on any atom is -0.508 e. The second-order valence-electron chi connectivity index (χ2n) is 6.39. The molecular formula is C20H18N4O3S. The third kappa shape index (κ3) is 3.29. The van der Waals surface area contributed by atoms with E-state index in [-0.39, 0.29) is 21.6 Å². The lowest BCUT2D eigenvalue weighted by molar-refractivity contribution is 0.473. The number of sulfone groups is 1. The Hall–Kier alpha value is -3.39. The second kappa shape index (κ2) is 6.97. The van der Waals surface area contributed by atoms with Gasteiger partial charge in [0, 0.05) is 6.20 Å². The molecule has 0 saturated heterocycles. The van der Waals surface area contributed by atoms with Crippen LogP contribution in [0.1, 0.15) is 18.5 Å². The maximum atomic E-state index is 12.9. The van der Waals surface area contributed by atoms with E-state index in [0.717, 1.165) is 5.56 Å². The SMILES string of the molecule is C[C@@H](Nc1nnc2ccc(S(=O)(=O)c3cccc(O)c3)cn12)c1ccccc1. The van der Waals surface area contributed by atoms with Crippen LogP contribution in [0.2, 0.25) is 0 Å². The number of phenols is 1. The molecule has 2 N–H and O–H groups in total. The third-order valence-electron chi connectivity index (χ3n) is 4.46. The van der Waals surface area contributed by atoms with Gasteiger partial charge in [-0.3, -0.25) is 4.40 Å². The number of benzene rings is 2.